The van der Waals surface area contributed by atoms with E-state index in [-0.39, 0.29) is 29.9 Å². The van der Waals surface area contributed by atoms with Crippen LogP contribution in [-0.2, 0) is 37.4 Å². The zero-order chi connectivity index (χ0) is 30.4. The van der Waals surface area contributed by atoms with E-state index in [1.165, 1.54) is 18.2 Å². The fourth-order valence-corrected chi connectivity index (χ4v) is 7.52. The number of sulfonamides is 2. The van der Waals surface area contributed by atoms with Gasteiger partial charge in [-0.15, -0.1) is 0 Å². The van der Waals surface area contributed by atoms with Crippen molar-refractivity contribution in [1.82, 2.24) is 19.4 Å². The first-order chi connectivity index (χ1) is 19.7. The maximum absolute atomic E-state index is 13.4. The molecule has 0 saturated carbocycles. The van der Waals surface area contributed by atoms with E-state index in [9.17, 15) is 34.8 Å². The molecule has 1 amide bonds. The summed E-state index contributed by atoms with van der Waals surface area (Å²) in [5.74, 6) is -0.554. The number of nitrogens with zero attached hydrogens (tertiary/aromatic N) is 2. The number of nitrogens with one attached hydrogen (secondary N) is 3. The monoisotopic (exact) mass is 637 g/mol. The Hall–Kier alpha value is -3.97. The van der Waals surface area contributed by atoms with Crippen molar-refractivity contribution >= 4 is 54.3 Å². The molecule has 2 atom stereocenters. The number of hydrogen-bond acceptors (Lipinski definition) is 6. The Morgan fingerprint density at radius 3 is 2.52 bits per heavy atom. The highest BCUT2D eigenvalue weighted by molar-refractivity contribution is 7.90. The number of aromatic amines is 1. The van der Waals surface area contributed by atoms with Crippen LogP contribution in [0.2, 0.25) is 5.02 Å². The van der Waals surface area contributed by atoms with Gasteiger partial charge in [-0.2, -0.15) is 13.2 Å². The highest BCUT2D eigenvalue weighted by atomic mass is 35.5. The molecule has 218 valence electrons. The number of carbonyl (C=O) groups excluding carboxylic acids is 1. The van der Waals surface area contributed by atoms with Crippen LogP contribution in [0.15, 0.2) is 65.6 Å². The number of alkyl halides is 3. The number of amides is 1. The van der Waals surface area contributed by atoms with E-state index in [1.807, 2.05) is 4.72 Å². The van der Waals surface area contributed by atoms with E-state index in [0.29, 0.717) is 22.7 Å². The molecule has 2 heterocycles. The van der Waals surface area contributed by atoms with E-state index in [4.69, 9.17) is 18.2 Å². The van der Waals surface area contributed by atoms with Gasteiger partial charge < -0.3 is 4.98 Å². The molecule has 1 aliphatic rings. The van der Waals surface area contributed by atoms with Crippen molar-refractivity contribution in [1.29, 1.82) is 0 Å². The number of imidazole rings is 1. The largest absolute Gasteiger partial charge is 0.417 e. The summed E-state index contributed by atoms with van der Waals surface area (Å²) in [6, 6.07) is 12.1. The fraction of sp³-hybridized carbons (Fsp3) is 0.192. The van der Waals surface area contributed by atoms with Gasteiger partial charge in [-0.1, -0.05) is 47.5 Å². The molecule has 0 radical (unpaired) electrons. The van der Waals surface area contributed by atoms with E-state index in [2.05, 4.69) is 19.5 Å². The van der Waals surface area contributed by atoms with Crippen molar-refractivity contribution in [2.75, 3.05) is 0 Å². The first-order valence-electron chi connectivity index (χ1n) is 12.1. The van der Waals surface area contributed by atoms with Gasteiger partial charge in [0.2, 0.25) is 26.0 Å². The summed E-state index contributed by atoms with van der Waals surface area (Å²) in [4.78, 5) is 21.9. The summed E-state index contributed by atoms with van der Waals surface area (Å²) in [5, 5.41) is -1.93. The third-order valence-corrected chi connectivity index (χ3v) is 10.1. The van der Waals surface area contributed by atoms with Crippen LogP contribution < -0.4 is 9.44 Å². The predicted octanol–water partition coefficient (Wildman–Crippen LogP) is 4.94. The predicted molar refractivity (Wildman–Crippen MR) is 146 cm³/mol. The molecule has 1 fully saturated rings. The van der Waals surface area contributed by atoms with E-state index < -0.39 is 58.9 Å². The minimum atomic E-state index is -4.90. The summed E-state index contributed by atoms with van der Waals surface area (Å²) in [7, 11) is -8.60. The maximum Gasteiger partial charge on any atom is 0.417 e. The Morgan fingerprint density at radius 2 is 1.88 bits per heavy atom. The molecule has 3 aromatic carbocycles. The van der Waals surface area contributed by atoms with Crippen LogP contribution in [0.5, 0.6) is 0 Å². The Labute approximate surface area is 242 Å². The van der Waals surface area contributed by atoms with Crippen LogP contribution in [0.25, 0.3) is 15.9 Å². The normalized spacial score (nSPS) is 17.6. The second kappa shape index (κ2) is 10.7. The number of H-pyrrole nitrogens is 1. The van der Waals surface area contributed by atoms with Gasteiger partial charge in [-0.05, 0) is 42.3 Å². The minimum absolute atomic E-state index is 0.0590. The lowest BCUT2D eigenvalue weighted by atomic mass is 10.00. The Bertz CT molecular complexity index is 1960. The Morgan fingerprint density at radius 1 is 1.14 bits per heavy atom. The Kier molecular flexibility index (Phi) is 7.52. The lowest BCUT2D eigenvalue weighted by Gasteiger charge is -2.19. The van der Waals surface area contributed by atoms with Crippen LogP contribution in [0, 0.1) is 6.57 Å². The SMILES string of the molecule is [C-]#[N+]c1cc(C[C@H](NS(=O)(=O)c2ccc(Cl)c(C(F)(F)F)c2)c2nc3ccccc3[nH]2)ccc1C1CC(=O)NS1(=O)=O. The van der Waals surface area contributed by atoms with Gasteiger partial charge in [0, 0.05) is 6.42 Å². The average molecular weight is 638 g/mol. The van der Waals surface area contributed by atoms with Gasteiger partial charge in [0.15, 0.2) is 5.69 Å². The standard InChI is InChI=1S/C26H19ClF3N5O5S2/c1-31-21-10-14(6-8-16(21)23-13-24(36)35-42(23,39)40)11-22(25-32-19-4-2-3-5-20(19)33-25)34-41(37,38)15-7-9-18(27)17(12-15)26(28,29)30/h2-10,12,22-23,34H,11,13H2,(H,32,33)(H,35,36)/t22-,23?/m0/s1. The smallest absolute Gasteiger partial charge is 0.341 e. The molecule has 16 heteroatoms. The number of para-hydroxylation sites is 2. The van der Waals surface area contributed by atoms with E-state index >= 15 is 0 Å². The molecular weight excluding hydrogens is 619 g/mol. The topological polar surface area (TPSA) is 142 Å². The van der Waals surface area contributed by atoms with E-state index in [1.54, 1.807) is 24.3 Å². The highest BCUT2D eigenvalue weighted by Crippen LogP contribution is 2.38. The second-order valence-electron chi connectivity index (χ2n) is 9.42. The van der Waals surface area contributed by atoms with Gasteiger partial charge in [-0.25, -0.2) is 31.4 Å². The number of carbonyl (C=O) groups is 1. The third-order valence-electron chi connectivity index (χ3n) is 6.59. The van der Waals surface area contributed by atoms with Crippen molar-refractivity contribution in [2.45, 2.75) is 35.2 Å². The molecule has 1 saturated heterocycles. The molecule has 1 unspecified atom stereocenters. The molecule has 10 nitrogen and oxygen atoms in total. The number of rotatable bonds is 7. The number of hydrogen-bond donors (Lipinski definition) is 3. The van der Waals surface area contributed by atoms with Crippen molar-refractivity contribution in [3.05, 3.63) is 99.6 Å². The van der Waals surface area contributed by atoms with Crippen molar-refractivity contribution in [3.63, 3.8) is 0 Å². The lowest BCUT2D eigenvalue weighted by molar-refractivity contribution is -0.137. The summed E-state index contributed by atoms with van der Waals surface area (Å²) in [6.45, 7) is 7.58. The van der Waals surface area contributed by atoms with Gasteiger partial charge in [0.25, 0.3) is 0 Å². The van der Waals surface area contributed by atoms with Gasteiger partial charge >= 0.3 is 6.18 Å². The summed E-state index contributed by atoms with van der Waals surface area (Å²) in [5.41, 5.74) is 0.191. The summed E-state index contributed by atoms with van der Waals surface area (Å²) >= 11 is 5.66. The molecule has 5 rings (SSSR count). The molecule has 42 heavy (non-hydrogen) atoms. The molecule has 4 aromatic rings. The number of aromatic nitrogens is 2. The number of benzene rings is 3. The van der Waals surface area contributed by atoms with Gasteiger partial charge in [-0.3, -0.25) is 9.52 Å². The summed E-state index contributed by atoms with van der Waals surface area (Å²) < 4.78 is 96.0. The number of halogens is 4. The maximum atomic E-state index is 13.4. The van der Waals surface area contributed by atoms with Crippen LogP contribution >= 0.6 is 11.6 Å². The molecule has 0 aliphatic carbocycles. The molecule has 1 aromatic heterocycles. The molecule has 0 bridgehead atoms. The molecular formula is C26H19ClF3N5O5S2. The first kappa shape index (κ1) is 29.5. The van der Waals surface area contributed by atoms with Crippen LogP contribution in [0.4, 0.5) is 18.9 Å². The average Bonchev–Trinajstić information content (AvgIpc) is 3.46. The lowest BCUT2D eigenvalue weighted by Crippen LogP contribution is -2.31. The Balaban J connectivity index is 1.54. The summed E-state index contributed by atoms with van der Waals surface area (Å²) in [6.07, 6.45) is -5.38. The van der Waals surface area contributed by atoms with Crippen molar-refractivity contribution in [2.24, 2.45) is 0 Å². The van der Waals surface area contributed by atoms with Crippen LogP contribution in [0.3, 0.4) is 0 Å². The quantitative estimate of drug-likeness (QED) is 0.245. The third kappa shape index (κ3) is 5.84. The number of fused-ring (bicyclic) bond motifs is 1. The zero-order valence-electron chi connectivity index (χ0n) is 21.1. The van der Waals surface area contributed by atoms with Gasteiger partial charge in [0.1, 0.15) is 11.1 Å². The fourth-order valence-electron chi connectivity index (χ4n) is 4.62. The zero-order valence-corrected chi connectivity index (χ0v) is 23.5. The second-order valence-corrected chi connectivity index (χ2v) is 13.4. The molecule has 3 N–H and O–H groups in total. The van der Waals surface area contributed by atoms with Gasteiger partial charge in [0.05, 0.1) is 39.1 Å². The van der Waals surface area contributed by atoms with Crippen LogP contribution in [0.1, 0.15) is 40.2 Å². The van der Waals surface area contributed by atoms with Crippen LogP contribution in [-0.4, -0.2) is 32.7 Å². The van der Waals surface area contributed by atoms with Crippen molar-refractivity contribution < 1.29 is 34.8 Å². The first-order valence-corrected chi connectivity index (χ1v) is 15.5. The van der Waals surface area contributed by atoms with Crippen molar-refractivity contribution in [3.8, 4) is 0 Å². The highest BCUT2D eigenvalue weighted by Gasteiger charge is 2.39. The molecule has 0 spiro atoms. The molecule has 1 aliphatic heterocycles. The minimum Gasteiger partial charge on any atom is -0.341 e. The van der Waals surface area contributed by atoms with E-state index in [0.717, 1.165) is 12.1 Å².